The summed E-state index contributed by atoms with van der Waals surface area (Å²) in [5.74, 6) is -11.0. The molecule has 58 heavy (non-hydrogen) atoms. The van der Waals surface area contributed by atoms with Gasteiger partial charge in [-0.1, -0.05) is 45.0 Å². The van der Waals surface area contributed by atoms with Gasteiger partial charge in [0.2, 0.25) is 17.7 Å². The maximum Gasteiger partial charge on any atom is 0.490 e. The zero-order valence-corrected chi connectivity index (χ0v) is 30.8. The largest absolute Gasteiger partial charge is 0.490 e. The predicted molar refractivity (Wildman–Crippen MR) is 179 cm³/mol. The van der Waals surface area contributed by atoms with Crippen LogP contribution in [0.25, 0.3) is 0 Å². The molecule has 0 saturated carbocycles. The molecule has 0 radical (unpaired) electrons. The lowest BCUT2D eigenvalue weighted by Gasteiger charge is -2.41. The number of carboxylic acid groups (broad SMARTS) is 4. The average molecular weight is 859 g/mol. The molecular weight excluding hydrogens is 815 g/mol. The number of carboxylic acids is 4. The van der Waals surface area contributed by atoms with E-state index in [0.717, 1.165) is 24.1 Å². The van der Waals surface area contributed by atoms with E-state index in [0.29, 0.717) is 6.54 Å². The zero-order chi connectivity index (χ0) is 45.6. The lowest BCUT2D eigenvalue weighted by Crippen LogP contribution is -2.61. The predicted octanol–water partition coefficient (Wildman–Crippen LogP) is 1.37. The fourth-order valence-electron chi connectivity index (χ4n) is 5.00. The number of alkyl halides is 9. The van der Waals surface area contributed by atoms with Gasteiger partial charge in [-0.2, -0.15) is 39.5 Å². The zero-order valence-electron chi connectivity index (χ0n) is 30.8. The van der Waals surface area contributed by atoms with E-state index in [2.05, 4.69) is 16.0 Å². The Labute approximate surface area is 323 Å². The van der Waals surface area contributed by atoms with E-state index in [1.54, 1.807) is 4.90 Å². The van der Waals surface area contributed by atoms with Crippen LogP contribution in [0.5, 0.6) is 0 Å². The van der Waals surface area contributed by atoms with Crippen molar-refractivity contribution < 1.29 is 93.5 Å². The molecule has 11 N–H and O–H groups in total. The van der Waals surface area contributed by atoms with Crippen LogP contribution < -0.4 is 27.4 Å². The van der Waals surface area contributed by atoms with Crippen LogP contribution in [0.15, 0.2) is 24.3 Å². The van der Waals surface area contributed by atoms with Crippen LogP contribution in [-0.2, 0) is 46.5 Å². The lowest BCUT2D eigenvalue weighted by atomic mass is 9.84. The Bertz CT molecular complexity index is 1550. The van der Waals surface area contributed by atoms with Gasteiger partial charge < -0.3 is 52.7 Å². The highest BCUT2D eigenvalue weighted by Gasteiger charge is 2.43. The number of hydrogen-bond acceptors (Lipinski definition) is 10. The summed E-state index contributed by atoms with van der Waals surface area (Å²) in [5.41, 5.74) is 12.6. The second-order valence-electron chi connectivity index (χ2n) is 13.6. The van der Waals surface area contributed by atoms with Crippen molar-refractivity contribution in [3.63, 3.8) is 0 Å². The molecule has 17 nitrogen and oxygen atoms in total. The maximum atomic E-state index is 14.0. The Kier molecular flexibility index (Phi) is 20.1. The van der Waals surface area contributed by atoms with E-state index in [1.165, 1.54) is 0 Å². The first-order valence-electron chi connectivity index (χ1n) is 16.5. The minimum absolute atomic E-state index is 0.0824. The van der Waals surface area contributed by atoms with Crippen molar-refractivity contribution in [2.75, 3.05) is 13.1 Å². The van der Waals surface area contributed by atoms with Crippen LogP contribution >= 0.6 is 0 Å². The lowest BCUT2D eigenvalue weighted by molar-refractivity contribution is -0.193. The molecule has 1 aromatic rings. The van der Waals surface area contributed by atoms with Gasteiger partial charge in [0.25, 0.3) is 0 Å². The summed E-state index contributed by atoms with van der Waals surface area (Å²) in [4.78, 5) is 78.6. The van der Waals surface area contributed by atoms with Crippen molar-refractivity contribution in [1.82, 2.24) is 20.9 Å². The molecule has 2 aliphatic heterocycles. The van der Waals surface area contributed by atoms with Crippen LogP contribution in [0.4, 0.5) is 39.5 Å². The molecule has 0 spiro atoms. The van der Waals surface area contributed by atoms with E-state index in [-0.39, 0.29) is 43.8 Å². The first kappa shape index (κ1) is 52.8. The Morgan fingerprint density at radius 2 is 1.28 bits per heavy atom. The molecule has 1 saturated heterocycles. The number of nitrogens with two attached hydrogens (primary N) is 2. The second kappa shape index (κ2) is 22.1. The Balaban J connectivity index is 0.00000126. The van der Waals surface area contributed by atoms with E-state index in [1.807, 2.05) is 45.0 Å². The minimum Gasteiger partial charge on any atom is -0.480 e. The fraction of sp³-hybridized carbons (Fsp3) is 0.594. The van der Waals surface area contributed by atoms with Crippen LogP contribution in [0, 0.1) is 5.41 Å². The molecule has 0 unspecified atom stereocenters. The highest BCUT2D eigenvalue weighted by atomic mass is 19.4. The number of primary amides is 1. The van der Waals surface area contributed by atoms with Crippen LogP contribution in [-0.4, -0.2) is 129 Å². The second-order valence-corrected chi connectivity index (χ2v) is 13.6. The molecule has 0 bridgehead atoms. The maximum absolute atomic E-state index is 14.0. The molecule has 330 valence electrons. The summed E-state index contributed by atoms with van der Waals surface area (Å²) in [6.45, 7) is 7.41. The van der Waals surface area contributed by atoms with Gasteiger partial charge in [-0.15, -0.1) is 0 Å². The van der Waals surface area contributed by atoms with Crippen molar-refractivity contribution in [3.05, 3.63) is 35.4 Å². The van der Waals surface area contributed by atoms with Crippen molar-refractivity contribution in [2.45, 2.75) is 102 Å². The monoisotopic (exact) mass is 858 g/mol. The van der Waals surface area contributed by atoms with E-state index in [4.69, 9.17) is 41.2 Å². The number of carbonyl (C=O) groups is 7. The number of rotatable bonds is 10. The van der Waals surface area contributed by atoms with Gasteiger partial charge in [0.1, 0.15) is 12.1 Å². The Morgan fingerprint density at radius 1 is 0.828 bits per heavy atom. The van der Waals surface area contributed by atoms with Crippen LogP contribution in [0.1, 0.15) is 51.2 Å². The minimum atomic E-state index is -5.08. The third-order valence-corrected chi connectivity index (χ3v) is 7.79. The van der Waals surface area contributed by atoms with Crippen molar-refractivity contribution in [3.8, 4) is 0 Å². The van der Waals surface area contributed by atoms with E-state index < -0.39 is 77.8 Å². The highest BCUT2D eigenvalue weighted by molar-refractivity contribution is 5.93. The third-order valence-electron chi connectivity index (χ3n) is 7.79. The average Bonchev–Trinajstić information content (AvgIpc) is 3.49. The summed E-state index contributed by atoms with van der Waals surface area (Å²) < 4.78 is 95.2. The van der Waals surface area contributed by atoms with Crippen molar-refractivity contribution in [2.24, 2.45) is 16.9 Å². The van der Waals surface area contributed by atoms with Gasteiger partial charge in [0.15, 0.2) is 0 Å². The normalized spacial score (nSPS) is 18.8. The van der Waals surface area contributed by atoms with Crippen LogP contribution in [0.3, 0.4) is 0 Å². The molecule has 0 aromatic heterocycles. The first-order valence-corrected chi connectivity index (χ1v) is 16.5. The van der Waals surface area contributed by atoms with Crippen molar-refractivity contribution >= 4 is 41.6 Å². The molecule has 5 atom stereocenters. The molecular formula is C32H43F9N6O11. The number of halogens is 9. The van der Waals surface area contributed by atoms with E-state index >= 15 is 0 Å². The first-order chi connectivity index (χ1) is 26.2. The van der Waals surface area contributed by atoms with Gasteiger partial charge in [0.05, 0.1) is 6.04 Å². The van der Waals surface area contributed by atoms with Gasteiger partial charge in [-0.3, -0.25) is 14.4 Å². The molecule has 26 heteroatoms. The number of amides is 3. The Morgan fingerprint density at radius 3 is 1.64 bits per heavy atom. The summed E-state index contributed by atoms with van der Waals surface area (Å²) in [5, 5.41) is 40.3. The third kappa shape index (κ3) is 19.3. The molecule has 2 aliphatic rings. The molecule has 2 heterocycles. The number of benzene rings is 1. The number of aliphatic carboxylic acids is 4. The number of hydrogen-bond donors (Lipinski definition) is 9. The topological polar surface area (TPSA) is 292 Å². The van der Waals surface area contributed by atoms with Gasteiger partial charge in [-0.25, -0.2) is 19.2 Å². The van der Waals surface area contributed by atoms with E-state index in [9.17, 15) is 63.8 Å². The molecule has 3 amide bonds. The van der Waals surface area contributed by atoms with Gasteiger partial charge in [-0.05, 0) is 29.4 Å². The Hall–Kier alpha value is -5.24. The summed E-state index contributed by atoms with van der Waals surface area (Å²) in [6, 6.07) is 5.06. The van der Waals surface area contributed by atoms with Crippen LogP contribution in [0.2, 0.25) is 0 Å². The number of fused-ring (bicyclic) bond motifs is 1. The highest BCUT2D eigenvalue weighted by Crippen LogP contribution is 2.29. The van der Waals surface area contributed by atoms with Gasteiger partial charge >= 0.3 is 42.4 Å². The summed E-state index contributed by atoms with van der Waals surface area (Å²) >= 11 is 0. The standard InChI is InChI=1S/C26H40N6O5.3C2HF3O2/c1-26(2,3)22(30-13-18-11-17(27)12-29-18)24(35)32-14-16-7-5-4-6-15(16)10-20(32)23(34)31-19(25(36)37)8-9-21(28)33;3*3-2(4,5)1(6)7/h4-7,17-20,22,29-30H,8-14,27H2,1-3H3,(H2,28,33)(H,31,34)(H,36,37);3*(H,6,7)/t17-,18+,19+,20+,22-;;;/m1.../s1. The molecule has 3 rings (SSSR count). The number of nitrogens with zero attached hydrogens (tertiary/aromatic N) is 1. The molecule has 1 fully saturated rings. The smallest absolute Gasteiger partial charge is 0.480 e. The number of nitrogens with one attached hydrogen (secondary N) is 3. The summed E-state index contributed by atoms with van der Waals surface area (Å²) in [7, 11) is 0. The SMILES string of the molecule is CC(C)(C)[C@H](NC[C@@H]1C[C@@H](N)CN1)C(=O)N1Cc2ccccc2C[C@H]1C(=O)N[C@@H](CCC(N)=O)C(=O)O.O=C(O)C(F)(F)F.O=C(O)C(F)(F)F.O=C(O)C(F)(F)F. The van der Waals surface area contributed by atoms with Gasteiger partial charge in [0, 0.05) is 44.6 Å². The number of carbonyl (C=O) groups excluding carboxylic acids is 3. The quantitative estimate of drug-likeness (QED) is 0.150. The molecule has 0 aliphatic carbocycles. The summed E-state index contributed by atoms with van der Waals surface area (Å²) in [6.07, 6.45) is -14.5. The molecule has 1 aromatic carbocycles. The van der Waals surface area contributed by atoms with Crippen molar-refractivity contribution in [1.29, 1.82) is 0 Å². The fourth-order valence-corrected chi connectivity index (χ4v) is 5.00.